The third-order valence-corrected chi connectivity index (χ3v) is 6.17. The first-order valence-electron chi connectivity index (χ1n) is 9.10. The van der Waals surface area contributed by atoms with Crippen molar-refractivity contribution < 1.29 is 8.42 Å². The van der Waals surface area contributed by atoms with E-state index in [9.17, 15) is 8.42 Å². The van der Waals surface area contributed by atoms with Gasteiger partial charge in [-0.25, -0.2) is 13.1 Å². The van der Waals surface area contributed by atoms with Gasteiger partial charge in [0.1, 0.15) is 0 Å². The molecule has 1 heterocycles. The van der Waals surface area contributed by atoms with Crippen molar-refractivity contribution in [1.82, 2.24) is 9.71 Å². The quantitative estimate of drug-likeness (QED) is 0.535. The van der Waals surface area contributed by atoms with Gasteiger partial charge in [0.25, 0.3) is 0 Å². The summed E-state index contributed by atoms with van der Waals surface area (Å²) in [7, 11) is -3.59. The summed E-state index contributed by atoms with van der Waals surface area (Å²) in [5.41, 5.74) is 7.46. The number of nitrogens with one attached hydrogen (secondary N) is 1. The van der Waals surface area contributed by atoms with E-state index in [2.05, 4.69) is 21.8 Å². The predicted molar refractivity (Wildman–Crippen MR) is 123 cm³/mol. The highest BCUT2D eigenvalue weighted by Gasteiger charge is 2.19. The Morgan fingerprint density at radius 2 is 1.76 bits per heavy atom. The Hall–Kier alpha value is -1.70. The topological polar surface area (TPSA) is 85.1 Å². The molecule has 0 saturated carbocycles. The second-order valence-electron chi connectivity index (χ2n) is 6.93. The largest absolute Gasteiger partial charge is 0.328 e. The van der Waals surface area contributed by atoms with Gasteiger partial charge in [-0.15, -0.1) is 24.8 Å². The number of hydrogen-bond donors (Lipinski definition) is 2. The molecule has 2 atom stereocenters. The number of halogens is 2. The van der Waals surface area contributed by atoms with Crippen LogP contribution in [0.5, 0.6) is 0 Å². The Bertz CT molecular complexity index is 1000. The lowest BCUT2D eigenvalue weighted by molar-refractivity contribution is 0.484. The fraction of sp³-hybridized carbons (Fsp3) is 0.286. The molecule has 29 heavy (non-hydrogen) atoms. The summed E-state index contributed by atoms with van der Waals surface area (Å²) in [4.78, 5) is 4.30. The first kappa shape index (κ1) is 25.3. The second-order valence-corrected chi connectivity index (χ2v) is 8.64. The van der Waals surface area contributed by atoms with Crippen LogP contribution in [0, 0.1) is 0 Å². The molecule has 8 heteroatoms. The van der Waals surface area contributed by atoms with Gasteiger partial charge in [0, 0.05) is 29.9 Å². The lowest BCUT2D eigenvalue weighted by Crippen LogP contribution is -2.37. The van der Waals surface area contributed by atoms with E-state index in [-0.39, 0.29) is 41.8 Å². The number of nitrogens with zero attached hydrogens (tertiary/aromatic N) is 1. The van der Waals surface area contributed by atoms with E-state index in [1.807, 2.05) is 25.1 Å². The van der Waals surface area contributed by atoms with E-state index in [1.54, 1.807) is 36.7 Å². The van der Waals surface area contributed by atoms with Crippen LogP contribution in [0.1, 0.15) is 25.3 Å². The molecule has 0 aliphatic carbocycles. The Morgan fingerprint density at radius 3 is 2.48 bits per heavy atom. The van der Waals surface area contributed by atoms with Crippen LogP contribution in [0.2, 0.25) is 0 Å². The molecule has 0 radical (unpaired) electrons. The predicted octanol–water partition coefficient (Wildman–Crippen LogP) is 4.10. The molecule has 0 aliphatic rings. The maximum absolute atomic E-state index is 12.7. The Morgan fingerprint density at radius 1 is 1.03 bits per heavy atom. The summed E-state index contributed by atoms with van der Waals surface area (Å²) in [6, 6.07) is 16.7. The number of benzene rings is 2. The van der Waals surface area contributed by atoms with Crippen LogP contribution in [0.15, 0.2) is 71.9 Å². The first-order chi connectivity index (χ1) is 12.9. The highest BCUT2D eigenvalue weighted by molar-refractivity contribution is 7.89. The summed E-state index contributed by atoms with van der Waals surface area (Å²) < 4.78 is 28.1. The third kappa shape index (κ3) is 7.24. The molecule has 3 rings (SSSR count). The highest BCUT2D eigenvalue weighted by Crippen LogP contribution is 2.19. The van der Waals surface area contributed by atoms with Gasteiger partial charge in [-0.2, -0.15) is 0 Å². The van der Waals surface area contributed by atoms with E-state index in [1.165, 1.54) is 5.56 Å². The average Bonchev–Trinajstić information content (AvgIpc) is 2.66. The van der Waals surface area contributed by atoms with Crippen molar-refractivity contribution in [3.05, 3.63) is 72.6 Å². The summed E-state index contributed by atoms with van der Waals surface area (Å²) in [6.07, 6.45) is 5.66. The van der Waals surface area contributed by atoms with Gasteiger partial charge in [-0.05, 0) is 55.3 Å². The Balaban J connectivity index is 0.00000210. The van der Waals surface area contributed by atoms with E-state index < -0.39 is 10.0 Å². The number of fused-ring (bicyclic) bond motifs is 1. The molecule has 0 bridgehead atoms. The number of aromatic nitrogens is 1. The second kappa shape index (κ2) is 11.5. The van der Waals surface area contributed by atoms with Gasteiger partial charge in [0.05, 0.1) is 4.90 Å². The maximum Gasteiger partial charge on any atom is 0.240 e. The van der Waals surface area contributed by atoms with Crippen LogP contribution in [0.25, 0.3) is 10.8 Å². The molecule has 2 aromatic carbocycles. The van der Waals surface area contributed by atoms with E-state index in [0.717, 1.165) is 23.6 Å². The van der Waals surface area contributed by atoms with Gasteiger partial charge >= 0.3 is 0 Å². The van der Waals surface area contributed by atoms with Crippen molar-refractivity contribution in [3.63, 3.8) is 0 Å². The van der Waals surface area contributed by atoms with Crippen molar-refractivity contribution in [2.45, 2.75) is 43.2 Å². The summed E-state index contributed by atoms with van der Waals surface area (Å²) in [6.45, 7) is 1.85. The average molecular weight is 456 g/mol. The summed E-state index contributed by atoms with van der Waals surface area (Å²) >= 11 is 0. The SMILES string of the molecule is C[C@H](CC(N)CCc1ccccc1)NS(=O)(=O)c1ccc2cnccc2c1.Cl.Cl. The smallest absolute Gasteiger partial charge is 0.240 e. The molecular weight excluding hydrogens is 429 g/mol. The lowest BCUT2D eigenvalue weighted by atomic mass is 10.0. The first-order valence-corrected chi connectivity index (χ1v) is 10.6. The normalized spacial score (nSPS) is 13.2. The molecule has 0 aliphatic heterocycles. The minimum absolute atomic E-state index is 0. The van der Waals surface area contributed by atoms with Crippen LogP contribution in [-0.4, -0.2) is 25.5 Å². The number of rotatable bonds is 8. The van der Waals surface area contributed by atoms with E-state index in [0.29, 0.717) is 6.42 Å². The molecule has 3 N–H and O–H groups in total. The molecule has 0 spiro atoms. The van der Waals surface area contributed by atoms with Crippen LogP contribution in [0.3, 0.4) is 0 Å². The van der Waals surface area contributed by atoms with Gasteiger partial charge in [-0.3, -0.25) is 4.98 Å². The summed E-state index contributed by atoms with van der Waals surface area (Å²) in [5, 5.41) is 1.76. The monoisotopic (exact) mass is 455 g/mol. The van der Waals surface area contributed by atoms with Crippen molar-refractivity contribution >= 4 is 45.6 Å². The lowest BCUT2D eigenvalue weighted by Gasteiger charge is -2.19. The number of sulfonamides is 1. The van der Waals surface area contributed by atoms with Crippen molar-refractivity contribution in [2.24, 2.45) is 5.73 Å². The number of hydrogen-bond acceptors (Lipinski definition) is 4. The van der Waals surface area contributed by atoms with Gasteiger partial charge in [0.2, 0.25) is 10.0 Å². The minimum atomic E-state index is -3.59. The van der Waals surface area contributed by atoms with E-state index >= 15 is 0 Å². The Kier molecular flexibility index (Phi) is 10.0. The van der Waals surface area contributed by atoms with E-state index in [4.69, 9.17) is 5.73 Å². The van der Waals surface area contributed by atoms with Crippen molar-refractivity contribution in [2.75, 3.05) is 0 Å². The molecule has 0 amide bonds. The van der Waals surface area contributed by atoms with Crippen LogP contribution >= 0.6 is 24.8 Å². The molecule has 5 nitrogen and oxygen atoms in total. The zero-order valence-corrected chi connectivity index (χ0v) is 18.6. The van der Waals surface area contributed by atoms with Crippen LogP contribution in [0.4, 0.5) is 0 Å². The zero-order valence-electron chi connectivity index (χ0n) is 16.2. The number of aryl methyl sites for hydroxylation is 1. The number of pyridine rings is 1. The maximum atomic E-state index is 12.7. The fourth-order valence-corrected chi connectivity index (χ4v) is 4.47. The minimum Gasteiger partial charge on any atom is -0.328 e. The zero-order chi connectivity index (χ0) is 19.3. The molecule has 1 aromatic heterocycles. The highest BCUT2D eigenvalue weighted by atomic mass is 35.5. The molecule has 0 saturated heterocycles. The fourth-order valence-electron chi connectivity index (χ4n) is 3.18. The molecule has 158 valence electrons. The van der Waals surface area contributed by atoms with Crippen molar-refractivity contribution in [1.29, 1.82) is 0 Å². The van der Waals surface area contributed by atoms with Crippen LogP contribution < -0.4 is 10.5 Å². The third-order valence-electron chi connectivity index (χ3n) is 4.58. The standard InChI is InChI=1S/C21H25N3O2S.2ClH/c1-16(13-20(22)9-7-17-5-3-2-4-6-17)24-27(25,26)21-10-8-19-15-23-12-11-18(19)14-21;;/h2-6,8,10-12,14-16,20,24H,7,9,13,22H2,1H3;2*1H/t16-,20?;;/m1../s1. The number of nitrogens with two attached hydrogens (primary N) is 1. The van der Waals surface area contributed by atoms with Gasteiger partial charge in [-0.1, -0.05) is 36.4 Å². The van der Waals surface area contributed by atoms with Gasteiger partial charge in [0.15, 0.2) is 0 Å². The van der Waals surface area contributed by atoms with Crippen LogP contribution in [-0.2, 0) is 16.4 Å². The molecule has 1 unspecified atom stereocenters. The molecule has 3 aromatic rings. The molecule has 0 fully saturated rings. The Labute approximate surface area is 185 Å². The van der Waals surface area contributed by atoms with Gasteiger partial charge < -0.3 is 5.73 Å². The van der Waals surface area contributed by atoms with Crippen molar-refractivity contribution in [3.8, 4) is 0 Å². The summed E-state index contributed by atoms with van der Waals surface area (Å²) in [5.74, 6) is 0. The molecular formula is C21H27Cl2N3O2S.